The largest absolute Gasteiger partial charge is 0.491 e. The molecular weight excluding hydrogens is 438 g/mol. The van der Waals surface area contributed by atoms with Crippen LogP contribution in [0, 0.1) is 12.3 Å². The van der Waals surface area contributed by atoms with Gasteiger partial charge in [0.25, 0.3) is 0 Å². The predicted molar refractivity (Wildman–Crippen MR) is 138 cm³/mol. The highest BCUT2D eigenvalue weighted by Crippen LogP contribution is 2.36. The average molecular weight is 470 g/mol. The molecule has 7 nitrogen and oxygen atoms in total. The van der Waals surface area contributed by atoms with Crippen LogP contribution >= 0.6 is 0 Å². The highest BCUT2D eigenvalue weighted by atomic mass is 16.5. The minimum Gasteiger partial charge on any atom is -0.491 e. The number of hydrogen-bond acceptors (Lipinski definition) is 5. The maximum atomic E-state index is 12.9. The van der Waals surface area contributed by atoms with Gasteiger partial charge in [0.15, 0.2) is 5.82 Å². The van der Waals surface area contributed by atoms with Crippen LogP contribution in [0.15, 0.2) is 67.1 Å². The summed E-state index contributed by atoms with van der Waals surface area (Å²) < 4.78 is 7.61. The molecule has 2 aromatic heterocycles. The highest BCUT2D eigenvalue weighted by Gasteiger charge is 2.46. The summed E-state index contributed by atoms with van der Waals surface area (Å²) in [6.07, 6.45) is 3.72. The number of aromatic nitrogens is 3. The lowest BCUT2D eigenvalue weighted by molar-refractivity contribution is -0.131. The molecule has 3 heterocycles. The maximum Gasteiger partial charge on any atom is 0.229 e. The van der Waals surface area contributed by atoms with Gasteiger partial charge in [-0.15, -0.1) is 0 Å². The Morgan fingerprint density at radius 3 is 2.49 bits per heavy atom. The number of nitrogens with one attached hydrogen (secondary N) is 1. The molecule has 1 saturated heterocycles. The minimum atomic E-state index is -0.450. The topological polar surface area (TPSA) is 71.8 Å². The molecule has 0 aliphatic carbocycles. The number of ether oxygens (including phenoxy) is 1. The van der Waals surface area contributed by atoms with Crippen molar-refractivity contribution in [3.05, 3.63) is 78.2 Å². The van der Waals surface area contributed by atoms with Crippen molar-refractivity contribution in [1.82, 2.24) is 19.9 Å². The van der Waals surface area contributed by atoms with Gasteiger partial charge in [0.2, 0.25) is 5.91 Å². The van der Waals surface area contributed by atoms with Gasteiger partial charge in [0.05, 0.1) is 11.5 Å². The van der Waals surface area contributed by atoms with Gasteiger partial charge in [-0.3, -0.25) is 4.79 Å². The van der Waals surface area contributed by atoms with Crippen LogP contribution in [0.5, 0.6) is 5.75 Å². The maximum absolute atomic E-state index is 12.9. The van der Waals surface area contributed by atoms with E-state index in [-0.39, 0.29) is 12.0 Å². The van der Waals surface area contributed by atoms with E-state index in [1.54, 1.807) is 6.33 Å². The fourth-order valence-corrected chi connectivity index (χ4v) is 4.51. The van der Waals surface area contributed by atoms with E-state index in [1.165, 1.54) is 5.56 Å². The monoisotopic (exact) mass is 469 g/mol. The van der Waals surface area contributed by atoms with Crippen LogP contribution < -0.4 is 15.0 Å². The predicted octanol–water partition coefficient (Wildman–Crippen LogP) is 4.63. The van der Waals surface area contributed by atoms with Gasteiger partial charge in [-0.05, 0) is 57.0 Å². The van der Waals surface area contributed by atoms with Crippen LogP contribution in [0.2, 0.25) is 0 Å². The van der Waals surface area contributed by atoms with E-state index in [0.29, 0.717) is 19.6 Å². The smallest absolute Gasteiger partial charge is 0.229 e. The third-order valence-corrected chi connectivity index (χ3v) is 6.45. The number of rotatable bonds is 7. The fraction of sp³-hybridized carbons (Fsp3) is 0.321. The standard InChI is InChI=1S/C28H31N5O2/c1-19(2)35-24-11-9-22(10-12-24)23-13-25-26(30-18-31-33(25)15-23)32-16-28(4,17-32)27(34)29-14-21-7-5-20(3)6-8-21/h5-13,15,18-19H,14,16-17H2,1-4H3,(H,29,34). The molecule has 0 unspecified atom stereocenters. The van der Waals surface area contributed by atoms with Gasteiger partial charge in [0.1, 0.15) is 17.6 Å². The first-order valence-corrected chi connectivity index (χ1v) is 12.0. The number of fused-ring (bicyclic) bond motifs is 1. The number of nitrogens with zero attached hydrogens (tertiary/aromatic N) is 4. The third kappa shape index (κ3) is 4.71. The van der Waals surface area contributed by atoms with Gasteiger partial charge in [0, 0.05) is 31.4 Å². The molecule has 2 aromatic carbocycles. The number of aryl methyl sites for hydroxylation is 1. The van der Waals surface area contributed by atoms with Crippen LogP contribution in [0.4, 0.5) is 5.82 Å². The summed E-state index contributed by atoms with van der Waals surface area (Å²) in [7, 11) is 0. The van der Waals surface area contributed by atoms with Crippen molar-refractivity contribution in [3.8, 4) is 16.9 Å². The van der Waals surface area contributed by atoms with Crippen molar-refractivity contribution < 1.29 is 9.53 Å². The van der Waals surface area contributed by atoms with Crippen LogP contribution in [0.25, 0.3) is 16.6 Å². The van der Waals surface area contributed by atoms with Gasteiger partial charge in [-0.2, -0.15) is 5.10 Å². The molecule has 7 heteroatoms. The molecule has 1 aliphatic rings. The molecule has 0 bridgehead atoms. The number of carbonyl (C=O) groups is 1. The Bertz CT molecular complexity index is 1340. The zero-order valence-electron chi connectivity index (χ0n) is 20.7. The Morgan fingerprint density at radius 2 is 1.80 bits per heavy atom. The van der Waals surface area contributed by atoms with Gasteiger partial charge >= 0.3 is 0 Å². The summed E-state index contributed by atoms with van der Waals surface area (Å²) in [4.78, 5) is 19.6. The molecule has 0 spiro atoms. The molecule has 1 amide bonds. The molecule has 1 N–H and O–H groups in total. The highest BCUT2D eigenvalue weighted by molar-refractivity contribution is 5.87. The van der Waals surface area contributed by atoms with Crippen molar-refractivity contribution in [2.75, 3.05) is 18.0 Å². The molecule has 0 atom stereocenters. The first-order valence-electron chi connectivity index (χ1n) is 12.0. The normalized spacial score (nSPS) is 14.7. The molecule has 0 radical (unpaired) electrons. The number of benzene rings is 2. The number of carbonyl (C=O) groups excluding carboxylic acids is 1. The van der Waals surface area contributed by atoms with E-state index in [2.05, 4.69) is 69.7 Å². The Labute approximate surface area is 205 Å². The van der Waals surface area contributed by atoms with E-state index in [0.717, 1.165) is 33.8 Å². The Morgan fingerprint density at radius 1 is 1.09 bits per heavy atom. The lowest BCUT2D eigenvalue weighted by Crippen LogP contribution is -2.62. The molecule has 1 fully saturated rings. The Kier molecular flexibility index (Phi) is 5.93. The van der Waals surface area contributed by atoms with Gasteiger partial charge in [-0.25, -0.2) is 9.50 Å². The average Bonchev–Trinajstić information content (AvgIpc) is 3.26. The van der Waals surface area contributed by atoms with E-state index in [9.17, 15) is 4.79 Å². The van der Waals surface area contributed by atoms with Crippen molar-refractivity contribution in [2.45, 2.75) is 40.3 Å². The van der Waals surface area contributed by atoms with Crippen LogP contribution in [0.3, 0.4) is 0 Å². The minimum absolute atomic E-state index is 0.0687. The summed E-state index contributed by atoms with van der Waals surface area (Å²) in [6, 6.07) is 18.4. The molecular formula is C28H31N5O2. The third-order valence-electron chi connectivity index (χ3n) is 6.45. The lowest BCUT2D eigenvalue weighted by atomic mass is 9.81. The van der Waals surface area contributed by atoms with Crippen molar-refractivity contribution in [2.24, 2.45) is 5.41 Å². The molecule has 0 saturated carbocycles. The molecule has 5 rings (SSSR count). The Hall–Kier alpha value is -3.87. The number of hydrogen-bond donors (Lipinski definition) is 1. The zero-order chi connectivity index (χ0) is 24.6. The zero-order valence-corrected chi connectivity index (χ0v) is 20.7. The molecule has 180 valence electrons. The fourth-order valence-electron chi connectivity index (χ4n) is 4.51. The molecule has 35 heavy (non-hydrogen) atoms. The number of amides is 1. The SMILES string of the molecule is Cc1ccc(CNC(=O)C2(C)CN(c3ncnn4cc(-c5ccc(OC(C)C)cc5)cc34)C2)cc1. The van der Waals surface area contributed by atoms with Crippen molar-refractivity contribution >= 4 is 17.2 Å². The van der Waals surface area contributed by atoms with Gasteiger partial charge < -0.3 is 15.0 Å². The van der Waals surface area contributed by atoms with E-state index < -0.39 is 5.41 Å². The van der Waals surface area contributed by atoms with Crippen LogP contribution in [-0.4, -0.2) is 39.7 Å². The first kappa shape index (κ1) is 22.9. The van der Waals surface area contributed by atoms with Crippen LogP contribution in [-0.2, 0) is 11.3 Å². The van der Waals surface area contributed by atoms with E-state index in [4.69, 9.17) is 4.74 Å². The summed E-state index contributed by atoms with van der Waals surface area (Å²) in [5.74, 6) is 1.77. The second-order valence-electron chi connectivity index (χ2n) is 9.92. The molecule has 1 aliphatic heterocycles. The van der Waals surface area contributed by atoms with Crippen molar-refractivity contribution in [3.63, 3.8) is 0 Å². The number of anilines is 1. The van der Waals surface area contributed by atoms with E-state index >= 15 is 0 Å². The van der Waals surface area contributed by atoms with Crippen molar-refractivity contribution in [1.29, 1.82) is 0 Å². The lowest BCUT2D eigenvalue weighted by Gasteiger charge is -2.47. The summed E-state index contributed by atoms with van der Waals surface area (Å²) in [5, 5.41) is 7.50. The quantitative estimate of drug-likeness (QED) is 0.427. The van der Waals surface area contributed by atoms with Gasteiger partial charge in [-0.1, -0.05) is 42.0 Å². The second-order valence-corrected chi connectivity index (χ2v) is 9.92. The first-order chi connectivity index (χ1) is 16.8. The molecule has 4 aromatic rings. The van der Waals surface area contributed by atoms with Crippen LogP contribution in [0.1, 0.15) is 31.9 Å². The summed E-state index contributed by atoms with van der Waals surface area (Å²) in [5.41, 5.74) is 4.93. The second kappa shape index (κ2) is 9.06. The van der Waals surface area contributed by atoms with E-state index in [1.807, 2.05) is 43.6 Å². The summed E-state index contributed by atoms with van der Waals surface area (Å²) in [6.45, 7) is 9.86. The summed E-state index contributed by atoms with van der Waals surface area (Å²) >= 11 is 0. The Balaban J connectivity index is 1.28.